The Morgan fingerprint density at radius 1 is 1.32 bits per heavy atom. The lowest BCUT2D eigenvalue weighted by Gasteiger charge is -2.00. The first-order chi connectivity index (χ1) is 9.20. The summed E-state index contributed by atoms with van der Waals surface area (Å²) in [5, 5.41) is 0.669. The first-order valence-corrected chi connectivity index (χ1v) is 6.72. The highest BCUT2D eigenvalue weighted by molar-refractivity contribution is 7.98. The molecule has 0 atom stereocenters. The minimum atomic E-state index is 0.492. The standard InChI is InChI=1S/C12H12N6S/c1-8-5-10(13)17-12(15-8)19-7-9-6-18-4-2-3-14-11(18)16-9/h2-6H,7H2,1H3,(H2,13,15,17). The molecule has 0 radical (unpaired) electrons. The number of hydrogen-bond donors (Lipinski definition) is 1. The second-order valence-electron chi connectivity index (χ2n) is 4.06. The molecule has 0 aromatic carbocycles. The molecule has 7 heteroatoms. The second kappa shape index (κ2) is 4.85. The van der Waals surface area contributed by atoms with Gasteiger partial charge in [-0.05, 0) is 13.0 Å². The van der Waals surface area contributed by atoms with Gasteiger partial charge in [0, 0.05) is 36.1 Å². The van der Waals surface area contributed by atoms with Gasteiger partial charge in [-0.3, -0.25) is 4.40 Å². The zero-order valence-electron chi connectivity index (χ0n) is 10.3. The van der Waals surface area contributed by atoms with Crippen molar-refractivity contribution >= 4 is 23.4 Å². The van der Waals surface area contributed by atoms with Crippen LogP contribution in [0.5, 0.6) is 0 Å². The fraction of sp³-hybridized carbons (Fsp3) is 0.167. The third-order valence-corrected chi connectivity index (χ3v) is 3.37. The Bertz CT molecular complexity index is 670. The maximum absolute atomic E-state index is 5.70. The lowest BCUT2D eigenvalue weighted by atomic mass is 10.4. The predicted octanol–water partition coefficient (Wildman–Crippen LogP) is 1.70. The molecule has 19 heavy (non-hydrogen) atoms. The highest BCUT2D eigenvalue weighted by atomic mass is 32.2. The summed E-state index contributed by atoms with van der Waals surface area (Å²) >= 11 is 1.51. The van der Waals surface area contributed by atoms with E-state index >= 15 is 0 Å². The lowest BCUT2D eigenvalue weighted by molar-refractivity contribution is 0.939. The predicted molar refractivity (Wildman–Crippen MR) is 73.7 cm³/mol. The molecule has 0 aliphatic heterocycles. The molecule has 3 aromatic heterocycles. The number of nitrogens with two attached hydrogens (primary N) is 1. The van der Waals surface area contributed by atoms with E-state index in [0.717, 1.165) is 11.4 Å². The van der Waals surface area contributed by atoms with Crippen molar-refractivity contribution in [3.8, 4) is 0 Å². The Morgan fingerprint density at radius 2 is 2.21 bits per heavy atom. The zero-order chi connectivity index (χ0) is 13.2. The molecular formula is C12H12N6S. The number of fused-ring (bicyclic) bond motifs is 1. The van der Waals surface area contributed by atoms with Crippen LogP contribution in [-0.4, -0.2) is 24.3 Å². The first kappa shape index (κ1) is 11.9. The third kappa shape index (κ3) is 2.65. The Morgan fingerprint density at radius 3 is 3.00 bits per heavy atom. The van der Waals surface area contributed by atoms with Gasteiger partial charge in [-0.1, -0.05) is 11.8 Å². The van der Waals surface area contributed by atoms with E-state index in [0.29, 0.717) is 22.5 Å². The monoisotopic (exact) mass is 272 g/mol. The fourth-order valence-electron chi connectivity index (χ4n) is 1.72. The maximum atomic E-state index is 5.70. The highest BCUT2D eigenvalue weighted by Crippen LogP contribution is 2.20. The molecule has 0 fully saturated rings. The van der Waals surface area contributed by atoms with E-state index in [1.165, 1.54) is 11.8 Å². The second-order valence-corrected chi connectivity index (χ2v) is 5.01. The third-order valence-electron chi connectivity index (χ3n) is 2.49. The Labute approximate surface area is 114 Å². The highest BCUT2D eigenvalue weighted by Gasteiger charge is 2.05. The van der Waals surface area contributed by atoms with Crippen molar-refractivity contribution in [1.82, 2.24) is 24.3 Å². The molecule has 0 aliphatic rings. The number of aromatic nitrogens is 5. The van der Waals surface area contributed by atoms with Crippen LogP contribution in [0.4, 0.5) is 5.82 Å². The van der Waals surface area contributed by atoms with Gasteiger partial charge in [0.2, 0.25) is 5.78 Å². The summed E-state index contributed by atoms with van der Waals surface area (Å²) in [6.45, 7) is 1.90. The quantitative estimate of drug-likeness (QED) is 0.577. The van der Waals surface area contributed by atoms with E-state index in [1.54, 1.807) is 12.3 Å². The van der Waals surface area contributed by atoms with Crippen LogP contribution in [0.3, 0.4) is 0 Å². The molecule has 96 valence electrons. The van der Waals surface area contributed by atoms with Gasteiger partial charge in [0.1, 0.15) is 5.82 Å². The molecule has 3 rings (SSSR count). The number of anilines is 1. The van der Waals surface area contributed by atoms with E-state index in [-0.39, 0.29) is 0 Å². The Kier molecular flexibility index (Phi) is 3.04. The molecule has 6 nitrogen and oxygen atoms in total. The van der Waals surface area contributed by atoms with Crippen LogP contribution in [0.2, 0.25) is 0 Å². The number of aryl methyl sites for hydroxylation is 1. The number of nitrogen functional groups attached to an aromatic ring is 1. The van der Waals surface area contributed by atoms with Crippen LogP contribution in [0.1, 0.15) is 11.4 Å². The van der Waals surface area contributed by atoms with E-state index in [1.807, 2.05) is 29.8 Å². The average molecular weight is 272 g/mol. The summed E-state index contributed by atoms with van der Waals surface area (Å²) < 4.78 is 1.89. The lowest BCUT2D eigenvalue weighted by Crippen LogP contribution is -1.96. The van der Waals surface area contributed by atoms with Crippen LogP contribution >= 0.6 is 11.8 Å². The fourth-order valence-corrected chi connectivity index (χ4v) is 2.51. The van der Waals surface area contributed by atoms with Gasteiger partial charge in [-0.2, -0.15) is 0 Å². The van der Waals surface area contributed by atoms with Crippen molar-refractivity contribution in [2.75, 3.05) is 5.73 Å². The van der Waals surface area contributed by atoms with Gasteiger partial charge in [0.15, 0.2) is 5.16 Å². The molecule has 0 saturated carbocycles. The van der Waals surface area contributed by atoms with E-state index < -0.39 is 0 Å². The van der Waals surface area contributed by atoms with Crippen molar-refractivity contribution in [1.29, 1.82) is 0 Å². The largest absolute Gasteiger partial charge is 0.384 e. The molecule has 0 unspecified atom stereocenters. The molecule has 3 heterocycles. The number of nitrogens with zero attached hydrogens (tertiary/aromatic N) is 5. The SMILES string of the molecule is Cc1cc(N)nc(SCc2cn3cccnc3n2)n1. The van der Waals surface area contributed by atoms with Gasteiger partial charge in [-0.25, -0.2) is 19.9 Å². The number of thioether (sulfide) groups is 1. The van der Waals surface area contributed by atoms with E-state index in [4.69, 9.17) is 5.73 Å². The maximum Gasteiger partial charge on any atom is 0.233 e. The smallest absolute Gasteiger partial charge is 0.233 e. The van der Waals surface area contributed by atoms with Crippen LogP contribution < -0.4 is 5.73 Å². The van der Waals surface area contributed by atoms with Crippen LogP contribution in [0.25, 0.3) is 5.78 Å². The van der Waals surface area contributed by atoms with Crippen LogP contribution in [0.15, 0.2) is 35.9 Å². The molecule has 0 bridgehead atoms. The molecule has 0 spiro atoms. The number of rotatable bonds is 3. The van der Waals surface area contributed by atoms with Gasteiger partial charge in [0.05, 0.1) is 5.69 Å². The summed E-state index contributed by atoms with van der Waals surface area (Å²) in [5.41, 5.74) is 7.50. The Hall–Kier alpha value is -2.15. The van der Waals surface area contributed by atoms with Crippen molar-refractivity contribution in [2.45, 2.75) is 17.8 Å². The van der Waals surface area contributed by atoms with Gasteiger partial charge in [0.25, 0.3) is 0 Å². The van der Waals surface area contributed by atoms with E-state index in [9.17, 15) is 0 Å². The minimum Gasteiger partial charge on any atom is -0.384 e. The minimum absolute atomic E-state index is 0.492. The normalized spacial score (nSPS) is 11.0. The van der Waals surface area contributed by atoms with Crippen molar-refractivity contribution in [3.63, 3.8) is 0 Å². The summed E-state index contributed by atoms with van der Waals surface area (Å²) in [5.74, 6) is 1.88. The zero-order valence-corrected chi connectivity index (χ0v) is 11.1. The molecule has 0 saturated heterocycles. The van der Waals surface area contributed by atoms with Crippen LogP contribution in [0, 0.1) is 6.92 Å². The molecule has 0 aliphatic carbocycles. The molecule has 2 N–H and O–H groups in total. The van der Waals surface area contributed by atoms with Gasteiger partial charge >= 0.3 is 0 Å². The first-order valence-electron chi connectivity index (χ1n) is 5.73. The summed E-state index contributed by atoms with van der Waals surface area (Å²) in [7, 11) is 0. The van der Waals surface area contributed by atoms with Gasteiger partial charge in [-0.15, -0.1) is 0 Å². The molecule has 0 amide bonds. The number of hydrogen-bond acceptors (Lipinski definition) is 6. The average Bonchev–Trinajstić information content (AvgIpc) is 2.78. The Balaban J connectivity index is 1.78. The summed E-state index contributed by atoms with van der Waals surface area (Å²) in [4.78, 5) is 17.1. The van der Waals surface area contributed by atoms with Crippen molar-refractivity contribution < 1.29 is 0 Å². The van der Waals surface area contributed by atoms with E-state index in [2.05, 4.69) is 19.9 Å². The number of imidazole rings is 1. The summed E-state index contributed by atoms with van der Waals surface area (Å²) in [6.07, 6.45) is 5.60. The molecule has 3 aromatic rings. The van der Waals surface area contributed by atoms with Gasteiger partial charge < -0.3 is 5.73 Å². The van der Waals surface area contributed by atoms with Crippen LogP contribution in [-0.2, 0) is 5.75 Å². The summed E-state index contributed by atoms with van der Waals surface area (Å²) in [6, 6.07) is 3.62. The topological polar surface area (TPSA) is 82.0 Å². The van der Waals surface area contributed by atoms with Crippen molar-refractivity contribution in [2.24, 2.45) is 0 Å². The van der Waals surface area contributed by atoms with Crippen molar-refractivity contribution in [3.05, 3.63) is 42.1 Å². The molecular weight excluding hydrogens is 260 g/mol.